The lowest BCUT2D eigenvalue weighted by Crippen LogP contribution is -2.29. The van der Waals surface area contributed by atoms with Gasteiger partial charge < -0.3 is 10.2 Å². The number of anilines is 1. The van der Waals surface area contributed by atoms with Crippen molar-refractivity contribution in [1.82, 2.24) is 15.1 Å². The third-order valence-corrected chi connectivity index (χ3v) is 4.19. The van der Waals surface area contributed by atoms with E-state index in [-0.39, 0.29) is 5.91 Å². The Morgan fingerprint density at radius 3 is 2.57 bits per heavy atom. The third kappa shape index (κ3) is 4.58. The summed E-state index contributed by atoms with van der Waals surface area (Å²) in [6.07, 6.45) is 1.32. The number of benzene rings is 1. The highest BCUT2D eigenvalue weighted by Gasteiger charge is 2.13. The molecule has 1 aromatic heterocycles. The quantitative estimate of drug-likeness (QED) is 0.797. The van der Waals surface area contributed by atoms with Crippen molar-refractivity contribution < 1.29 is 4.79 Å². The molecule has 1 N–H and O–H groups in total. The molecule has 1 amide bonds. The Labute approximate surface area is 138 Å². The van der Waals surface area contributed by atoms with Crippen LogP contribution in [0.3, 0.4) is 0 Å². The summed E-state index contributed by atoms with van der Waals surface area (Å²) in [7, 11) is 3.97. The van der Waals surface area contributed by atoms with E-state index >= 15 is 0 Å². The van der Waals surface area contributed by atoms with Crippen LogP contribution in [0.1, 0.15) is 23.4 Å². The maximum Gasteiger partial charge on any atom is 0.224 e. The second-order valence-electron chi connectivity index (χ2n) is 5.91. The summed E-state index contributed by atoms with van der Waals surface area (Å²) >= 11 is 0. The number of carbonyl (C=O) groups is 1. The predicted octanol–water partition coefficient (Wildman–Crippen LogP) is 2.22. The van der Waals surface area contributed by atoms with E-state index in [2.05, 4.69) is 34.5 Å². The van der Waals surface area contributed by atoms with Crippen molar-refractivity contribution >= 4 is 11.6 Å². The number of hydrogen-bond acceptors (Lipinski definition) is 3. The Morgan fingerprint density at radius 1 is 1.26 bits per heavy atom. The van der Waals surface area contributed by atoms with Crippen LogP contribution in [0.15, 0.2) is 30.3 Å². The molecule has 0 bridgehead atoms. The summed E-state index contributed by atoms with van der Waals surface area (Å²) in [5.41, 5.74) is 4.22. The van der Waals surface area contributed by atoms with E-state index in [0.29, 0.717) is 13.0 Å². The zero-order valence-electron chi connectivity index (χ0n) is 14.5. The number of amides is 1. The van der Waals surface area contributed by atoms with Gasteiger partial charge in [-0.05, 0) is 32.4 Å². The van der Waals surface area contributed by atoms with Crippen molar-refractivity contribution in [2.24, 2.45) is 7.05 Å². The van der Waals surface area contributed by atoms with E-state index in [1.165, 1.54) is 5.69 Å². The first-order valence-corrected chi connectivity index (χ1v) is 8.01. The number of carbonyl (C=O) groups excluding carboxylic acids is 1. The minimum atomic E-state index is 0.0616. The van der Waals surface area contributed by atoms with Gasteiger partial charge in [0, 0.05) is 44.1 Å². The lowest BCUT2D eigenvalue weighted by atomic mass is 10.1. The van der Waals surface area contributed by atoms with E-state index in [9.17, 15) is 4.79 Å². The Morgan fingerprint density at radius 2 is 1.96 bits per heavy atom. The number of para-hydroxylation sites is 1. The summed E-state index contributed by atoms with van der Waals surface area (Å²) in [5.74, 6) is 0.0616. The van der Waals surface area contributed by atoms with Gasteiger partial charge in [-0.3, -0.25) is 9.48 Å². The van der Waals surface area contributed by atoms with Crippen molar-refractivity contribution in [3.8, 4) is 0 Å². The van der Waals surface area contributed by atoms with Crippen LogP contribution in [0.5, 0.6) is 0 Å². The van der Waals surface area contributed by atoms with Gasteiger partial charge in [0.15, 0.2) is 0 Å². The minimum Gasteiger partial charge on any atom is -0.375 e. The van der Waals surface area contributed by atoms with Gasteiger partial charge in [0.25, 0.3) is 0 Å². The molecular formula is C18H26N4O. The molecule has 23 heavy (non-hydrogen) atoms. The van der Waals surface area contributed by atoms with Gasteiger partial charge in [-0.25, -0.2) is 0 Å². The first-order chi connectivity index (χ1) is 11.0. The number of aryl methyl sites for hydroxylation is 2. The maximum absolute atomic E-state index is 12.1. The molecule has 2 aromatic rings. The summed E-state index contributed by atoms with van der Waals surface area (Å²) in [6.45, 7) is 5.55. The van der Waals surface area contributed by atoms with Crippen molar-refractivity contribution in [2.45, 2.75) is 26.7 Å². The smallest absolute Gasteiger partial charge is 0.224 e. The first-order valence-electron chi connectivity index (χ1n) is 8.01. The van der Waals surface area contributed by atoms with Crippen molar-refractivity contribution in [1.29, 1.82) is 0 Å². The SMILES string of the molecule is Cc1nn(C)c(C)c1CC(=O)NCCCN(C)c1ccccc1. The van der Waals surface area contributed by atoms with Gasteiger partial charge in [0.05, 0.1) is 12.1 Å². The number of hydrogen-bond donors (Lipinski definition) is 1. The third-order valence-electron chi connectivity index (χ3n) is 4.19. The molecule has 5 nitrogen and oxygen atoms in total. The van der Waals surface area contributed by atoms with Crippen LogP contribution >= 0.6 is 0 Å². The lowest BCUT2D eigenvalue weighted by Gasteiger charge is -2.19. The van der Waals surface area contributed by atoms with E-state index in [4.69, 9.17) is 0 Å². The van der Waals surface area contributed by atoms with Gasteiger partial charge in [-0.15, -0.1) is 0 Å². The molecule has 5 heteroatoms. The number of nitrogens with one attached hydrogen (secondary N) is 1. The molecule has 0 aliphatic rings. The van der Waals surface area contributed by atoms with Gasteiger partial charge in [0.2, 0.25) is 5.91 Å². The van der Waals surface area contributed by atoms with Crippen LogP contribution < -0.4 is 10.2 Å². The summed E-state index contributed by atoms with van der Waals surface area (Å²) in [4.78, 5) is 14.3. The van der Waals surface area contributed by atoms with Crippen LogP contribution in [-0.4, -0.2) is 35.8 Å². The van der Waals surface area contributed by atoms with Crippen LogP contribution in [0, 0.1) is 13.8 Å². The normalized spacial score (nSPS) is 10.6. The zero-order chi connectivity index (χ0) is 16.8. The zero-order valence-corrected chi connectivity index (χ0v) is 14.5. The standard InChI is InChI=1S/C18H26N4O/c1-14-17(15(2)22(4)20-14)13-18(23)19-11-8-12-21(3)16-9-6-5-7-10-16/h5-7,9-10H,8,11-13H2,1-4H3,(H,19,23). The van der Waals surface area contributed by atoms with Crippen LogP contribution in [0.25, 0.3) is 0 Å². The van der Waals surface area contributed by atoms with Crippen molar-refractivity contribution in [3.63, 3.8) is 0 Å². The van der Waals surface area contributed by atoms with Crippen LogP contribution in [0.4, 0.5) is 5.69 Å². The molecule has 0 saturated heterocycles. The Balaban J connectivity index is 1.73. The van der Waals surface area contributed by atoms with Crippen molar-refractivity contribution in [3.05, 3.63) is 47.3 Å². The number of aromatic nitrogens is 2. The fourth-order valence-electron chi connectivity index (χ4n) is 2.65. The molecular weight excluding hydrogens is 288 g/mol. The molecule has 124 valence electrons. The Hall–Kier alpha value is -2.30. The molecule has 2 rings (SSSR count). The van der Waals surface area contributed by atoms with Gasteiger partial charge in [0.1, 0.15) is 0 Å². The molecule has 0 unspecified atom stereocenters. The molecule has 0 atom stereocenters. The number of nitrogens with zero attached hydrogens (tertiary/aromatic N) is 3. The average molecular weight is 314 g/mol. The molecule has 0 saturated carbocycles. The summed E-state index contributed by atoms with van der Waals surface area (Å²) in [6, 6.07) is 10.3. The molecule has 0 radical (unpaired) electrons. The second-order valence-corrected chi connectivity index (χ2v) is 5.91. The number of rotatable bonds is 7. The second kappa shape index (κ2) is 7.81. The van der Waals surface area contributed by atoms with Crippen molar-refractivity contribution in [2.75, 3.05) is 25.0 Å². The molecule has 0 aliphatic carbocycles. The van der Waals surface area contributed by atoms with Crippen LogP contribution in [0.2, 0.25) is 0 Å². The van der Waals surface area contributed by atoms with Gasteiger partial charge in [-0.1, -0.05) is 18.2 Å². The van der Waals surface area contributed by atoms with E-state index < -0.39 is 0 Å². The highest BCUT2D eigenvalue weighted by atomic mass is 16.1. The van der Waals surface area contributed by atoms with Crippen LogP contribution in [-0.2, 0) is 18.3 Å². The largest absolute Gasteiger partial charge is 0.375 e. The maximum atomic E-state index is 12.1. The Bertz CT molecular complexity index is 649. The molecule has 1 heterocycles. The average Bonchev–Trinajstić information content (AvgIpc) is 2.78. The predicted molar refractivity (Wildman–Crippen MR) is 93.7 cm³/mol. The lowest BCUT2D eigenvalue weighted by molar-refractivity contribution is -0.120. The van der Waals surface area contributed by atoms with Gasteiger partial charge in [-0.2, -0.15) is 5.10 Å². The van der Waals surface area contributed by atoms with Gasteiger partial charge >= 0.3 is 0 Å². The summed E-state index contributed by atoms with van der Waals surface area (Å²) in [5, 5.41) is 7.35. The Kier molecular flexibility index (Phi) is 5.79. The highest BCUT2D eigenvalue weighted by molar-refractivity contribution is 5.79. The fourth-order valence-corrected chi connectivity index (χ4v) is 2.65. The monoisotopic (exact) mass is 314 g/mol. The van der Waals surface area contributed by atoms with E-state index in [1.807, 2.05) is 43.8 Å². The topological polar surface area (TPSA) is 50.2 Å². The highest BCUT2D eigenvalue weighted by Crippen LogP contribution is 2.12. The van der Waals surface area contributed by atoms with E-state index in [0.717, 1.165) is 29.9 Å². The first kappa shape index (κ1) is 17.1. The minimum absolute atomic E-state index is 0.0616. The molecule has 0 fully saturated rings. The molecule has 0 spiro atoms. The summed E-state index contributed by atoms with van der Waals surface area (Å²) < 4.78 is 1.83. The molecule has 0 aliphatic heterocycles. The van der Waals surface area contributed by atoms with E-state index in [1.54, 1.807) is 0 Å². The fraction of sp³-hybridized carbons (Fsp3) is 0.444. The molecule has 1 aromatic carbocycles.